The fraction of sp³-hybridized carbons (Fsp3) is 0.0714. The molecule has 4 heteroatoms. The van der Waals surface area contributed by atoms with Gasteiger partial charge in [-0.2, -0.15) is 15.4 Å². The van der Waals surface area contributed by atoms with Gasteiger partial charge in [0.1, 0.15) is 11.0 Å². The van der Waals surface area contributed by atoms with Gasteiger partial charge in [0.25, 0.3) is 0 Å². The van der Waals surface area contributed by atoms with E-state index < -0.39 is 0 Å². The van der Waals surface area contributed by atoms with Crippen molar-refractivity contribution in [2.75, 3.05) is 0 Å². The van der Waals surface area contributed by atoms with E-state index in [9.17, 15) is 4.79 Å². The van der Waals surface area contributed by atoms with Crippen molar-refractivity contribution < 1.29 is 4.79 Å². The quantitative estimate of drug-likeness (QED) is 0.696. The maximum atomic E-state index is 12.5. The van der Waals surface area contributed by atoms with Crippen molar-refractivity contribution in [1.82, 2.24) is 15.4 Å². The molecule has 0 saturated carbocycles. The molecule has 18 heavy (non-hydrogen) atoms. The zero-order chi connectivity index (χ0) is 12.5. The molecule has 0 aliphatic rings. The van der Waals surface area contributed by atoms with Gasteiger partial charge in [0, 0.05) is 5.56 Å². The number of hydrogen-bond donors (Lipinski definition) is 1. The van der Waals surface area contributed by atoms with E-state index in [1.807, 2.05) is 43.3 Å². The predicted octanol–water partition coefficient (Wildman–Crippen LogP) is 2.50. The van der Waals surface area contributed by atoms with Gasteiger partial charge in [-0.25, -0.2) is 0 Å². The van der Waals surface area contributed by atoms with Crippen molar-refractivity contribution in [3.63, 3.8) is 0 Å². The molecule has 0 unspecified atom stereocenters. The summed E-state index contributed by atoms with van der Waals surface area (Å²) in [5.41, 5.74) is 3.56. The summed E-state index contributed by atoms with van der Waals surface area (Å²) in [5, 5.41) is 10.6. The summed E-state index contributed by atoms with van der Waals surface area (Å²) >= 11 is 0. The van der Waals surface area contributed by atoms with Crippen LogP contribution in [0.1, 0.15) is 21.5 Å². The number of aromatic amines is 1. The molecule has 2 aromatic carbocycles. The first kappa shape index (κ1) is 10.7. The molecule has 1 aromatic heterocycles. The second-order valence-electron chi connectivity index (χ2n) is 4.14. The Morgan fingerprint density at radius 3 is 2.61 bits per heavy atom. The molecule has 3 aromatic rings. The smallest absolute Gasteiger partial charge is 0.195 e. The highest BCUT2D eigenvalue weighted by molar-refractivity contribution is 6.15. The predicted molar refractivity (Wildman–Crippen MR) is 68.5 cm³/mol. The lowest BCUT2D eigenvalue weighted by Crippen LogP contribution is -2.04. The lowest BCUT2D eigenvalue weighted by Gasteiger charge is -2.04. The van der Waals surface area contributed by atoms with Crippen LogP contribution in [0.2, 0.25) is 0 Å². The lowest BCUT2D eigenvalue weighted by molar-refractivity contribution is 0.103. The van der Waals surface area contributed by atoms with Crippen LogP contribution < -0.4 is 0 Å². The van der Waals surface area contributed by atoms with Gasteiger partial charge in [-0.1, -0.05) is 30.3 Å². The van der Waals surface area contributed by atoms with Gasteiger partial charge in [-0.05, 0) is 24.6 Å². The number of aromatic nitrogens is 3. The third-order valence-corrected chi connectivity index (χ3v) is 2.98. The molecule has 3 rings (SSSR count). The Bertz CT molecular complexity index is 730. The number of nitrogens with zero attached hydrogens (tertiary/aromatic N) is 2. The van der Waals surface area contributed by atoms with Crippen molar-refractivity contribution in [2.24, 2.45) is 0 Å². The van der Waals surface area contributed by atoms with Gasteiger partial charge in [0.05, 0.1) is 5.56 Å². The van der Waals surface area contributed by atoms with E-state index in [4.69, 9.17) is 0 Å². The molecule has 0 saturated heterocycles. The Hall–Kier alpha value is -2.49. The van der Waals surface area contributed by atoms with Crippen LogP contribution in [0.25, 0.3) is 11.0 Å². The zero-order valence-corrected chi connectivity index (χ0v) is 9.84. The van der Waals surface area contributed by atoms with E-state index >= 15 is 0 Å². The summed E-state index contributed by atoms with van der Waals surface area (Å²) in [5.74, 6) is -0.0207. The van der Waals surface area contributed by atoms with E-state index in [0.717, 1.165) is 5.56 Å². The van der Waals surface area contributed by atoms with Gasteiger partial charge in [-0.15, -0.1) is 0 Å². The summed E-state index contributed by atoms with van der Waals surface area (Å²) in [6.45, 7) is 1.93. The van der Waals surface area contributed by atoms with Gasteiger partial charge < -0.3 is 0 Å². The molecule has 4 nitrogen and oxygen atoms in total. The Labute approximate surface area is 104 Å². The molecule has 0 aliphatic heterocycles. The average molecular weight is 237 g/mol. The summed E-state index contributed by atoms with van der Waals surface area (Å²) < 4.78 is 0. The minimum Gasteiger partial charge on any atom is -0.289 e. The second-order valence-corrected chi connectivity index (χ2v) is 4.14. The number of rotatable bonds is 2. The molecule has 0 spiro atoms. The molecule has 0 atom stereocenters. The summed E-state index contributed by atoms with van der Waals surface area (Å²) in [7, 11) is 0. The molecule has 0 aliphatic carbocycles. The topological polar surface area (TPSA) is 58.6 Å². The normalized spacial score (nSPS) is 10.7. The first-order valence-corrected chi connectivity index (χ1v) is 5.67. The van der Waals surface area contributed by atoms with Crippen LogP contribution >= 0.6 is 0 Å². The number of fused-ring (bicyclic) bond motifs is 1. The number of benzene rings is 2. The Morgan fingerprint density at radius 2 is 1.78 bits per heavy atom. The highest BCUT2D eigenvalue weighted by Gasteiger charge is 2.15. The Morgan fingerprint density at radius 1 is 1.00 bits per heavy atom. The SMILES string of the molecule is Cc1ccccc1C(=O)c1cccc2n[nH]nc12. The highest BCUT2D eigenvalue weighted by atomic mass is 16.1. The van der Waals surface area contributed by atoms with Gasteiger partial charge in [0.15, 0.2) is 5.78 Å². The number of carbonyl (C=O) groups is 1. The molecule has 1 heterocycles. The monoisotopic (exact) mass is 237 g/mol. The van der Waals surface area contributed by atoms with Crippen molar-refractivity contribution in [3.05, 3.63) is 59.2 Å². The number of carbonyl (C=O) groups excluding carboxylic acids is 1. The van der Waals surface area contributed by atoms with E-state index in [1.54, 1.807) is 6.07 Å². The molecular formula is C14H11N3O. The highest BCUT2D eigenvalue weighted by Crippen LogP contribution is 2.19. The van der Waals surface area contributed by atoms with Gasteiger partial charge in [0.2, 0.25) is 0 Å². The molecule has 0 radical (unpaired) electrons. The third-order valence-electron chi connectivity index (χ3n) is 2.98. The van der Waals surface area contributed by atoms with E-state index in [0.29, 0.717) is 22.2 Å². The molecule has 0 fully saturated rings. The van der Waals surface area contributed by atoms with E-state index in [-0.39, 0.29) is 5.78 Å². The first-order valence-electron chi connectivity index (χ1n) is 5.67. The number of ketones is 1. The van der Waals surface area contributed by atoms with Crippen LogP contribution in [0.4, 0.5) is 0 Å². The third kappa shape index (κ3) is 1.59. The van der Waals surface area contributed by atoms with Crippen LogP contribution in [0.5, 0.6) is 0 Å². The van der Waals surface area contributed by atoms with Crippen LogP contribution in [0, 0.1) is 6.92 Å². The number of H-pyrrole nitrogens is 1. The second kappa shape index (κ2) is 4.07. The summed E-state index contributed by atoms with van der Waals surface area (Å²) in [6, 6.07) is 13.0. The van der Waals surface area contributed by atoms with Crippen molar-refractivity contribution >= 4 is 16.8 Å². The lowest BCUT2D eigenvalue weighted by atomic mass is 9.98. The molecule has 0 bridgehead atoms. The standard InChI is InChI=1S/C14H11N3O/c1-9-5-2-3-6-10(9)14(18)11-7-4-8-12-13(11)16-17-15-12/h2-8H,1H3,(H,15,16,17). The van der Waals surface area contributed by atoms with E-state index in [1.165, 1.54) is 0 Å². The van der Waals surface area contributed by atoms with Crippen molar-refractivity contribution in [2.45, 2.75) is 6.92 Å². The van der Waals surface area contributed by atoms with E-state index in [2.05, 4.69) is 15.4 Å². The minimum atomic E-state index is -0.0207. The molecular weight excluding hydrogens is 226 g/mol. The average Bonchev–Trinajstić information content (AvgIpc) is 2.86. The van der Waals surface area contributed by atoms with Crippen LogP contribution in [0.15, 0.2) is 42.5 Å². The van der Waals surface area contributed by atoms with Gasteiger partial charge in [-0.3, -0.25) is 4.79 Å². The van der Waals surface area contributed by atoms with Crippen LogP contribution in [0.3, 0.4) is 0 Å². The summed E-state index contributed by atoms with van der Waals surface area (Å²) in [6.07, 6.45) is 0. The fourth-order valence-corrected chi connectivity index (χ4v) is 2.02. The number of nitrogens with one attached hydrogen (secondary N) is 1. The Balaban J connectivity index is 2.18. The number of aryl methyl sites for hydroxylation is 1. The maximum Gasteiger partial charge on any atom is 0.195 e. The first-order chi connectivity index (χ1) is 8.77. The largest absolute Gasteiger partial charge is 0.289 e. The molecule has 88 valence electrons. The van der Waals surface area contributed by atoms with Crippen LogP contribution in [-0.2, 0) is 0 Å². The van der Waals surface area contributed by atoms with Crippen LogP contribution in [-0.4, -0.2) is 21.2 Å². The zero-order valence-electron chi connectivity index (χ0n) is 9.84. The van der Waals surface area contributed by atoms with Crippen molar-refractivity contribution in [1.29, 1.82) is 0 Å². The van der Waals surface area contributed by atoms with Gasteiger partial charge >= 0.3 is 0 Å². The maximum absolute atomic E-state index is 12.5. The summed E-state index contributed by atoms with van der Waals surface area (Å²) in [4.78, 5) is 12.5. The van der Waals surface area contributed by atoms with Crippen molar-refractivity contribution in [3.8, 4) is 0 Å². The number of hydrogen-bond acceptors (Lipinski definition) is 3. The Kier molecular flexibility index (Phi) is 2.41. The number of para-hydroxylation sites is 1. The fourth-order valence-electron chi connectivity index (χ4n) is 2.02. The molecule has 1 N–H and O–H groups in total. The minimum absolute atomic E-state index is 0.0207. The molecule has 0 amide bonds.